The van der Waals surface area contributed by atoms with Crippen LogP contribution in [0.25, 0.3) is 0 Å². The summed E-state index contributed by atoms with van der Waals surface area (Å²) in [6, 6.07) is 0. The van der Waals surface area contributed by atoms with Crippen LogP contribution in [0.1, 0.15) is 168 Å². The van der Waals surface area contributed by atoms with Crippen LogP contribution >= 0.6 is 7.82 Å². The number of unbranched alkanes of at least 4 members (excludes halogenated alkanes) is 11. The number of hydrogen-bond acceptors (Lipinski definition) is 7. The molecule has 0 saturated carbocycles. The van der Waals surface area contributed by atoms with Crippen molar-refractivity contribution < 1.29 is 37.3 Å². The van der Waals surface area contributed by atoms with E-state index in [4.69, 9.17) is 18.5 Å². The van der Waals surface area contributed by atoms with Crippen molar-refractivity contribution in [1.82, 2.24) is 0 Å². The van der Waals surface area contributed by atoms with Gasteiger partial charge in [-0.15, -0.1) is 0 Å². The molecule has 2 unspecified atom stereocenters. The zero-order valence-corrected chi connectivity index (χ0v) is 42.8. The molecule has 65 heavy (non-hydrogen) atoms. The Balaban J connectivity index is 4.32. The first-order valence-corrected chi connectivity index (χ1v) is 26.7. The number of esters is 1. The third kappa shape index (κ3) is 51.7. The Morgan fingerprint density at radius 3 is 1.34 bits per heavy atom. The summed E-state index contributed by atoms with van der Waals surface area (Å²) in [5.41, 5.74) is 0. The Morgan fingerprint density at radius 1 is 0.492 bits per heavy atom. The van der Waals surface area contributed by atoms with E-state index in [2.05, 4.69) is 135 Å². The van der Waals surface area contributed by atoms with Crippen molar-refractivity contribution in [2.75, 3.05) is 54.1 Å². The highest BCUT2D eigenvalue weighted by molar-refractivity contribution is 7.45. The Morgan fingerprint density at radius 2 is 0.892 bits per heavy atom. The zero-order valence-electron chi connectivity index (χ0n) is 41.9. The molecule has 0 aliphatic rings. The lowest BCUT2D eigenvalue weighted by Gasteiger charge is -2.28. The fourth-order valence-corrected chi connectivity index (χ4v) is 6.85. The summed E-state index contributed by atoms with van der Waals surface area (Å²) in [5, 5.41) is 0. The Bertz CT molecular complexity index is 1450. The maximum atomic E-state index is 12.7. The van der Waals surface area contributed by atoms with Gasteiger partial charge in [-0.05, 0) is 109 Å². The van der Waals surface area contributed by atoms with Gasteiger partial charge in [0.05, 0.1) is 34.4 Å². The van der Waals surface area contributed by atoms with Gasteiger partial charge < -0.3 is 27.9 Å². The van der Waals surface area contributed by atoms with E-state index in [1.807, 2.05) is 21.1 Å². The van der Waals surface area contributed by atoms with Gasteiger partial charge in [-0.25, -0.2) is 0 Å². The van der Waals surface area contributed by atoms with Gasteiger partial charge in [0.1, 0.15) is 19.3 Å². The second-order valence-electron chi connectivity index (χ2n) is 17.4. The Labute approximate surface area is 399 Å². The van der Waals surface area contributed by atoms with Gasteiger partial charge in [0.2, 0.25) is 0 Å². The standard InChI is InChI=1S/C56H94NO7P/c1-6-8-10-12-14-16-18-20-22-24-26-27-28-29-30-32-34-36-38-40-42-44-46-48-51-61-53-55(54-63-65(59,60)62-52-50-57(3,4)5)64-56(58)49-47-45-43-41-39-37-35-33-31-25-23-21-19-17-15-13-11-9-7-2/h8,10,14-17,20-23,26-27,29-31,33-34,36,40,42,55H,6-7,9,11-13,18-19,24-25,28,32,35,37-39,41,43-54H2,1-5H3/b10-8-,16-14-,17-15-,22-20-,23-21-,27-26-,30-29-,33-31-,36-34-,42-40-. The number of likely N-dealkylation sites (N-methyl/N-ethyl adjacent to an activating group) is 1. The van der Waals surface area contributed by atoms with Gasteiger partial charge in [-0.2, -0.15) is 0 Å². The lowest BCUT2D eigenvalue weighted by atomic mass is 10.1. The molecule has 0 saturated heterocycles. The largest absolute Gasteiger partial charge is 0.756 e. The summed E-state index contributed by atoms with van der Waals surface area (Å²) in [6.45, 7) is 5.10. The van der Waals surface area contributed by atoms with Gasteiger partial charge in [0.25, 0.3) is 7.82 Å². The van der Waals surface area contributed by atoms with Crippen LogP contribution in [0.15, 0.2) is 122 Å². The third-order valence-corrected chi connectivity index (χ3v) is 11.0. The molecule has 0 fully saturated rings. The van der Waals surface area contributed by atoms with E-state index in [1.54, 1.807) is 0 Å². The molecule has 0 rings (SSSR count). The fraction of sp³-hybridized carbons (Fsp3) is 0.625. The highest BCUT2D eigenvalue weighted by atomic mass is 31.2. The first-order valence-electron chi connectivity index (χ1n) is 25.3. The van der Waals surface area contributed by atoms with E-state index in [1.165, 1.54) is 38.5 Å². The summed E-state index contributed by atoms with van der Waals surface area (Å²) >= 11 is 0. The number of ether oxygens (including phenoxy) is 2. The number of rotatable bonds is 45. The molecule has 0 amide bonds. The minimum absolute atomic E-state index is 0.00688. The smallest absolute Gasteiger partial charge is 0.306 e. The Kier molecular flexibility index (Phi) is 45.1. The van der Waals surface area contributed by atoms with Crippen LogP contribution in [0, 0.1) is 0 Å². The van der Waals surface area contributed by atoms with Crippen molar-refractivity contribution in [3.8, 4) is 0 Å². The van der Waals surface area contributed by atoms with Gasteiger partial charge in [0.15, 0.2) is 0 Å². The van der Waals surface area contributed by atoms with Crippen LogP contribution in [-0.4, -0.2) is 70.7 Å². The molecule has 0 heterocycles. The molecule has 0 aliphatic carbocycles. The molecule has 0 N–H and O–H groups in total. The van der Waals surface area contributed by atoms with Crippen molar-refractivity contribution in [2.24, 2.45) is 0 Å². The van der Waals surface area contributed by atoms with Gasteiger partial charge in [-0.1, -0.05) is 174 Å². The summed E-state index contributed by atoms with van der Waals surface area (Å²) in [6.07, 6.45) is 68.0. The number of allylic oxidation sites excluding steroid dienone is 20. The van der Waals surface area contributed by atoms with E-state index in [9.17, 15) is 14.3 Å². The van der Waals surface area contributed by atoms with Crippen LogP contribution in [0.3, 0.4) is 0 Å². The molecule has 0 aromatic carbocycles. The predicted octanol–water partition coefficient (Wildman–Crippen LogP) is 15.1. The molecule has 0 spiro atoms. The molecule has 0 radical (unpaired) electrons. The number of carbonyl (C=O) groups is 1. The molecule has 370 valence electrons. The molecular weight excluding hydrogens is 830 g/mol. The number of phosphoric ester groups is 1. The highest BCUT2D eigenvalue weighted by Crippen LogP contribution is 2.38. The average Bonchev–Trinajstić information content (AvgIpc) is 3.27. The van der Waals surface area contributed by atoms with E-state index in [0.29, 0.717) is 17.6 Å². The van der Waals surface area contributed by atoms with Crippen LogP contribution in [0.2, 0.25) is 0 Å². The Hall–Kier alpha value is -3.10. The molecule has 0 aromatic heterocycles. The summed E-state index contributed by atoms with van der Waals surface area (Å²) < 4.78 is 34.6. The van der Waals surface area contributed by atoms with Crippen LogP contribution in [0.4, 0.5) is 0 Å². The SMILES string of the molecule is CC/C=C\C/C=C\C/C=C\C/C=C\C/C=C\C/C=C\C/C=C\CCCCOCC(COP(=O)([O-])OCC[N+](C)(C)C)OC(=O)CCCCCCCC/C=C\C/C=C\C/C=C\CCCCC. The molecule has 2 atom stereocenters. The number of phosphoric acid groups is 1. The minimum Gasteiger partial charge on any atom is -0.756 e. The summed E-state index contributed by atoms with van der Waals surface area (Å²) in [5.74, 6) is -0.367. The number of quaternary nitrogens is 1. The minimum atomic E-state index is -4.56. The number of carbonyl (C=O) groups excluding carboxylic acids is 1. The van der Waals surface area contributed by atoms with Crippen LogP contribution in [-0.2, 0) is 27.9 Å². The maximum Gasteiger partial charge on any atom is 0.306 e. The van der Waals surface area contributed by atoms with Crippen molar-refractivity contribution in [3.63, 3.8) is 0 Å². The topological polar surface area (TPSA) is 94.1 Å². The normalized spacial score (nSPS) is 14.6. The van der Waals surface area contributed by atoms with Crippen LogP contribution < -0.4 is 4.89 Å². The zero-order chi connectivity index (χ0) is 47.6. The first kappa shape index (κ1) is 61.9. The quantitative estimate of drug-likeness (QED) is 0.0197. The second-order valence-corrected chi connectivity index (χ2v) is 18.8. The van der Waals surface area contributed by atoms with Gasteiger partial charge in [-0.3, -0.25) is 9.36 Å². The fourth-order valence-electron chi connectivity index (χ4n) is 6.12. The molecular formula is C56H94NO7P. The molecule has 9 heteroatoms. The third-order valence-electron chi connectivity index (χ3n) is 10.00. The van der Waals surface area contributed by atoms with Gasteiger partial charge >= 0.3 is 5.97 Å². The van der Waals surface area contributed by atoms with Gasteiger partial charge in [0, 0.05) is 13.0 Å². The van der Waals surface area contributed by atoms with Crippen LogP contribution in [0.5, 0.6) is 0 Å². The number of hydrogen-bond donors (Lipinski definition) is 0. The van der Waals surface area contributed by atoms with E-state index in [-0.39, 0.29) is 32.2 Å². The highest BCUT2D eigenvalue weighted by Gasteiger charge is 2.20. The van der Waals surface area contributed by atoms with Crippen molar-refractivity contribution in [2.45, 2.75) is 174 Å². The molecule has 0 aromatic rings. The van der Waals surface area contributed by atoms with E-state index >= 15 is 0 Å². The second kappa shape index (κ2) is 47.4. The number of nitrogens with zero attached hydrogens (tertiary/aromatic N) is 1. The summed E-state index contributed by atoms with van der Waals surface area (Å²) in [7, 11) is 1.30. The average molecular weight is 924 g/mol. The lowest BCUT2D eigenvalue weighted by molar-refractivity contribution is -0.870. The molecule has 0 aliphatic heterocycles. The van der Waals surface area contributed by atoms with E-state index < -0.39 is 13.9 Å². The van der Waals surface area contributed by atoms with E-state index in [0.717, 1.165) is 109 Å². The van der Waals surface area contributed by atoms with Crippen molar-refractivity contribution >= 4 is 13.8 Å². The van der Waals surface area contributed by atoms with Crippen molar-refractivity contribution in [3.05, 3.63) is 122 Å². The molecule has 8 nitrogen and oxygen atoms in total. The summed E-state index contributed by atoms with van der Waals surface area (Å²) in [4.78, 5) is 25.2. The first-order chi connectivity index (χ1) is 31.6. The monoisotopic (exact) mass is 924 g/mol. The van der Waals surface area contributed by atoms with Crippen molar-refractivity contribution in [1.29, 1.82) is 0 Å². The molecule has 0 bridgehead atoms. The predicted molar refractivity (Wildman–Crippen MR) is 277 cm³/mol. The lowest BCUT2D eigenvalue weighted by Crippen LogP contribution is -2.37. The maximum absolute atomic E-state index is 12.7.